The van der Waals surface area contributed by atoms with E-state index in [9.17, 15) is 4.79 Å². The predicted octanol–water partition coefficient (Wildman–Crippen LogP) is 3.18. The fourth-order valence-corrected chi connectivity index (χ4v) is 2.08. The summed E-state index contributed by atoms with van der Waals surface area (Å²) in [5.41, 5.74) is 1.72. The molecule has 0 saturated carbocycles. The van der Waals surface area contributed by atoms with E-state index >= 15 is 0 Å². The summed E-state index contributed by atoms with van der Waals surface area (Å²) in [7, 11) is 1.39. The van der Waals surface area contributed by atoms with E-state index in [1.807, 2.05) is 24.3 Å². The van der Waals surface area contributed by atoms with Gasteiger partial charge in [-0.05, 0) is 43.2 Å². The van der Waals surface area contributed by atoms with Crippen molar-refractivity contribution in [3.8, 4) is 0 Å². The summed E-state index contributed by atoms with van der Waals surface area (Å²) >= 11 is 0. The van der Waals surface area contributed by atoms with E-state index in [4.69, 9.17) is 4.42 Å². The predicted molar refractivity (Wildman–Crippen MR) is 81.1 cm³/mol. The molecule has 1 atom stereocenters. The number of carbonyl (C=O) groups is 1. The van der Waals surface area contributed by atoms with E-state index in [1.165, 1.54) is 7.11 Å². The lowest BCUT2D eigenvalue weighted by molar-refractivity contribution is 0.0600. The molecule has 0 aliphatic rings. The van der Waals surface area contributed by atoms with Crippen molar-refractivity contribution >= 4 is 5.97 Å². The maximum Gasteiger partial charge on any atom is 0.337 e. The van der Waals surface area contributed by atoms with E-state index in [1.54, 1.807) is 18.4 Å². The molecule has 0 amide bonds. The summed E-state index contributed by atoms with van der Waals surface area (Å²) in [5, 5.41) is 3.47. The van der Waals surface area contributed by atoms with E-state index in [2.05, 4.69) is 17.0 Å². The van der Waals surface area contributed by atoms with Crippen molar-refractivity contribution in [2.45, 2.75) is 32.4 Å². The molecule has 4 nitrogen and oxygen atoms in total. The fourth-order valence-electron chi connectivity index (χ4n) is 2.08. The van der Waals surface area contributed by atoms with Gasteiger partial charge >= 0.3 is 5.97 Å². The molecule has 0 aliphatic carbocycles. The van der Waals surface area contributed by atoms with Gasteiger partial charge in [-0.2, -0.15) is 0 Å². The maximum atomic E-state index is 11.3. The van der Waals surface area contributed by atoms with Gasteiger partial charge in [-0.15, -0.1) is 0 Å². The minimum atomic E-state index is -0.304. The highest BCUT2D eigenvalue weighted by Gasteiger charge is 2.06. The molecule has 0 radical (unpaired) electrons. The Morgan fingerprint density at radius 3 is 2.67 bits per heavy atom. The molecule has 1 N–H and O–H groups in total. The highest BCUT2D eigenvalue weighted by atomic mass is 16.5. The number of hydrogen-bond donors (Lipinski definition) is 1. The number of hydrogen-bond acceptors (Lipinski definition) is 4. The van der Waals surface area contributed by atoms with Crippen molar-refractivity contribution in [1.29, 1.82) is 0 Å². The number of benzene rings is 1. The normalized spacial score (nSPS) is 12.1. The van der Waals surface area contributed by atoms with Crippen molar-refractivity contribution < 1.29 is 13.9 Å². The first-order valence-corrected chi connectivity index (χ1v) is 7.12. The summed E-state index contributed by atoms with van der Waals surface area (Å²) in [6.07, 6.45) is 3.66. The van der Waals surface area contributed by atoms with E-state index in [0.29, 0.717) is 11.6 Å². The Bertz CT molecular complexity index is 546. The van der Waals surface area contributed by atoms with Gasteiger partial charge < -0.3 is 14.5 Å². The van der Waals surface area contributed by atoms with E-state index < -0.39 is 0 Å². The van der Waals surface area contributed by atoms with Gasteiger partial charge in [-0.3, -0.25) is 0 Å². The Hall–Kier alpha value is -2.07. The second-order valence-corrected chi connectivity index (χ2v) is 5.09. The summed E-state index contributed by atoms with van der Waals surface area (Å²) in [6.45, 7) is 2.94. The number of ether oxygens (including phenoxy) is 1. The highest BCUT2D eigenvalue weighted by molar-refractivity contribution is 5.89. The third-order valence-electron chi connectivity index (χ3n) is 3.43. The van der Waals surface area contributed by atoms with Crippen LogP contribution in [-0.2, 0) is 17.7 Å². The first-order chi connectivity index (χ1) is 10.2. The second-order valence-electron chi connectivity index (χ2n) is 5.09. The van der Waals surface area contributed by atoms with Gasteiger partial charge in [-0.25, -0.2) is 4.79 Å². The van der Waals surface area contributed by atoms with E-state index in [0.717, 1.165) is 30.7 Å². The molecule has 1 unspecified atom stereocenters. The van der Waals surface area contributed by atoms with Crippen molar-refractivity contribution in [3.63, 3.8) is 0 Å². The molecule has 1 aromatic heterocycles. The van der Waals surface area contributed by atoms with Gasteiger partial charge in [0.05, 0.1) is 18.9 Å². The SMILES string of the molecule is COC(=O)c1ccc(CNC(C)CCc2ccco2)cc1. The zero-order valence-corrected chi connectivity index (χ0v) is 12.5. The Kier molecular flexibility index (Phi) is 5.58. The quantitative estimate of drug-likeness (QED) is 0.795. The number of esters is 1. The third-order valence-corrected chi connectivity index (χ3v) is 3.43. The molecule has 2 rings (SSSR count). The van der Waals surface area contributed by atoms with Gasteiger partial charge in [0.2, 0.25) is 0 Å². The summed E-state index contributed by atoms with van der Waals surface area (Å²) in [5.74, 6) is 0.715. The second kappa shape index (κ2) is 7.64. The molecule has 1 heterocycles. The van der Waals surface area contributed by atoms with Crippen LogP contribution >= 0.6 is 0 Å². The Balaban J connectivity index is 1.75. The summed E-state index contributed by atoms with van der Waals surface area (Å²) in [6, 6.07) is 11.8. The van der Waals surface area contributed by atoms with Crippen LogP contribution in [0.4, 0.5) is 0 Å². The molecular formula is C17H21NO3. The molecular weight excluding hydrogens is 266 g/mol. The number of carbonyl (C=O) groups excluding carboxylic acids is 1. The molecule has 0 spiro atoms. The van der Waals surface area contributed by atoms with Crippen molar-refractivity contribution in [2.75, 3.05) is 7.11 Å². The van der Waals surface area contributed by atoms with Gasteiger partial charge in [0.15, 0.2) is 0 Å². The van der Waals surface area contributed by atoms with Crippen LogP contribution in [0.1, 0.15) is 35.0 Å². The van der Waals surface area contributed by atoms with Crippen LogP contribution in [0.25, 0.3) is 0 Å². The monoisotopic (exact) mass is 287 g/mol. The molecule has 0 bridgehead atoms. The number of rotatable bonds is 7. The number of methoxy groups -OCH3 is 1. The molecule has 1 aromatic carbocycles. The van der Waals surface area contributed by atoms with Crippen LogP contribution < -0.4 is 5.32 Å². The van der Waals surface area contributed by atoms with Crippen molar-refractivity contribution in [1.82, 2.24) is 5.32 Å². The lowest BCUT2D eigenvalue weighted by atomic mass is 10.1. The third kappa shape index (κ3) is 4.76. The zero-order chi connectivity index (χ0) is 15.1. The number of aryl methyl sites for hydroxylation is 1. The molecule has 0 aliphatic heterocycles. The largest absolute Gasteiger partial charge is 0.469 e. The summed E-state index contributed by atoms with van der Waals surface area (Å²) in [4.78, 5) is 11.3. The van der Waals surface area contributed by atoms with Crippen LogP contribution in [0, 0.1) is 0 Å². The minimum absolute atomic E-state index is 0.304. The molecule has 4 heteroatoms. The van der Waals surface area contributed by atoms with Crippen LogP contribution in [0.15, 0.2) is 47.1 Å². The van der Waals surface area contributed by atoms with E-state index in [-0.39, 0.29) is 5.97 Å². The molecule has 21 heavy (non-hydrogen) atoms. The number of furan rings is 1. The minimum Gasteiger partial charge on any atom is -0.469 e. The van der Waals surface area contributed by atoms with Crippen LogP contribution in [0.3, 0.4) is 0 Å². The van der Waals surface area contributed by atoms with Gasteiger partial charge in [0, 0.05) is 19.0 Å². The Labute approximate surface area is 125 Å². The van der Waals surface area contributed by atoms with Gasteiger partial charge in [0.25, 0.3) is 0 Å². The average Bonchev–Trinajstić information content (AvgIpc) is 3.04. The lowest BCUT2D eigenvalue weighted by Crippen LogP contribution is -2.25. The van der Waals surface area contributed by atoms with Crippen LogP contribution in [0.2, 0.25) is 0 Å². The zero-order valence-electron chi connectivity index (χ0n) is 12.5. The van der Waals surface area contributed by atoms with Gasteiger partial charge in [-0.1, -0.05) is 12.1 Å². The van der Waals surface area contributed by atoms with Crippen molar-refractivity contribution in [2.24, 2.45) is 0 Å². The first kappa shape index (κ1) is 15.3. The van der Waals surface area contributed by atoms with Crippen molar-refractivity contribution in [3.05, 3.63) is 59.5 Å². The lowest BCUT2D eigenvalue weighted by Gasteiger charge is -2.13. The smallest absolute Gasteiger partial charge is 0.337 e. The Morgan fingerprint density at radius 1 is 1.29 bits per heavy atom. The van der Waals surface area contributed by atoms with Crippen LogP contribution in [-0.4, -0.2) is 19.1 Å². The standard InChI is InChI=1S/C17H21NO3/c1-13(5-10-16-4-3-11-21-16)18-12-14-6-8-15(9-7-14)17(19)20-2/h3-4,6-9,11,13,18H,5,10,12H2,1-2H3. The van der Waals surface area contributed by atoms with Gasteiger partial charge in [0.1, 0.15) is 5.76 Å². The fraction of sp³-hybridized carbons (Fsp3) is 0.353. The average molecular weight is 287 g/mol. The Morgan fingerprint density at radius 2 is 2.05 bits per heavy atom. The molecule has 2 aromatic rings. The first-order valence-electron chi connectivity index (χ1n) is 7.12. The molecule has 0 fully saturated rings. The maximum absolute atomic E-state index is 11.3. The number of nitrogens with one attached hydrogen (secondary N) is 1. The highest BCUT2D eigenvalue weighted by Crippen LogP contribution is 2.08. The molecule has 0 saturated heterocycles. The van der Waals surface area contributed by atoms with Crippen LogP contribution in [0.5, 0.6) is 0 Å². The molecule has 112 valence electrons. The topological polar surface area (TPSA) is 51.5 Å². The summed E-state index contributed by atoms with van der Waals surface area (Å²) < 4.78 is 10.00.